The lowest BCUT2D eigenvalue weighted by atomic mass is 10.0. The highest BCUT2D eigenvalue weighted by molar-refractivity contribution is 6.23. The average molecular weight is 288 g/mol. The number of amides is 4. The summed E-state index contributed by atoms with van der Waals surface area (Å²) >= 11 is 0. The Hall–Kier alpha value is -2.50. The van der Waals surface area contributed by atoms with Crippen LogP contribution in [0.2, 0.25) is 0 Å². The Kier molecular flexibility index (Phi) is 4.16. The van der Waals surface area contributed by atoms with E-state index in [9.17, 15) is 19.2 Å². The van der Waals surface area contributed by atoms with Crippen LogP contribution in [0.25, 0.3) is 0 Å². The van der Waals surface area contributed by atoms with Gasteiger partial charge in [0.25, 0.3) is 11.8 Å². The second-order valence-electron chi connectivity index (χ2n) is 4.49. The first-order valence-electron chi connectivity index (χ1n) is 6.90. The Bertz CT molecular complexity index is 589. The fraction of sp³-hybridized carbons (Fsp3) is 0.333. The lowest BCUT2D eigenvalue weighted by molar-refractivity contribution is -0.136. The van der Waals surface area contributed by atoms with Gasteiger partial charge in [0.15, 0.2) is 0 Å². The molecule has 6 nitrogen and oxygen atoms in total. The summed E-state index contributed by atoms with van der Waals surface area (Å²) < 4.78 is 0. The lowest BCUT2D eigenvalue weighted by Gasteiger charge is -2.27. The molecule has 6 heteroatoms. The number of carbonyl (C=O) groups is 4. The molecule has 2 aliphatic heterocycles. The first kappa shape index (κ1) is 14.9. The molecule has 0 spiro atoms. The molecule has 2 aliphatic rings. The minimum atomic E-state index is -0.898. The van der Waals surface area contributed by atoms with Gasteiger partial charge in [0, 0.05) is 6.42 Å². The van der Waals surface area contributed by atoms with Gasteiger partial charge in [0.05, 0.1) is 11.1 Å². The molecule has 0 bridgehead atoms. The summed E-state index contributed by atoms with van der Waals surface area (Å²) in [5, 5.41) is 2.15. The first-order valence-corrected chi connectivity index (χ1v) is 6.90. The highest BCUT2D eigenvalue weighted by atomic mass is 16.2. The number of hydrogen-bond acceptors (Lipinski definition) is 4. The Morgan fingerprint density at radius 2 is 1.52 bits per heavy atom. The highest BCUT2D eigenvalue weighted by Gasteiger charge is 2.44. The Labute approximate surface area is 122 Å². The van der Waals surface area contributed by atoms with E-state index >= 15 is 0 Å². The van der Waals surface area contributed by atoms with E-state index in [4.69, 9.17) is 0 Å². The van der Waals surface area contributed by atoms with Gasteiger partial charge in [-0.15, -0.1) is 0 Å². The molecule has 1 N–H and O–H groups in total. The molecule has 4 amide bonds. The maximum absolute atomic E-state index is 12.2. The van der Waals surface area contributed by atoms with Gasteiger partial charge < -0.3 is 0 Å². The number of nitrogens with one attached hydrogen (secondary N) is 1. The molecule has 1 atom stereocenters. The SMILES string of the molecule is CC.O=C1CC[C@H](N2C(=O)c3ccccc3C2=O)C(=O)N1. The standard InChI is InChI=1S/C13H10N2O4.C2H6/c16-10-6-5-9(11(17)14-10)15-12(18)7-3-1-2-4-8(7)13(15)19;1-2/h1-4,9H,5-6H2,(H,14,16,17);1-2H3/t9-;/m0./s1. The Morgan fingerprint density at radius 3 is 2.00 bits per heavy atom. The van der Waals surface area contributed by atoms with Gasteiger partial charge >= 0.3 is 0 Å². The van der Waals surface area contributed by atoms with Crippen molar-refractivity contribution in [3.8, 4) is 0 Å². The second-order valence-corrected chi connectivity index (χ2v) is 4.49. The third-order valence-corrected chi connectivity index (χ3v) is 3.35. The van der Waals surface area contributed by atoms with Gasteiger partial charge in [0.1, 0.15) is 6.04 Å². The number of piperidine rings is 1. The lowest BCUT2D eigenvalue weighted by Crippen LogP contribution is -2.54. The van der Waals surface area contributed by atoms with Crippen molar-refractivity contribution in [1.29, 1.82) is 0 Å². The van der Waals surface area contributed by atoms with E-state index in [1.54, 1.807) is 24.3 Å². The van der Waals surface area contributed by atoms with E-state index in [0.717, 1.165) is 4.90 Å². The summed E-state index contributed by atoms with van der Waals surface area (Å²) in [6.07, 6.45) is 0.306. The van der Waals surface area contributed by atoms with Crippen molar-refractivity contribution in [2.45, 2.75) is 32.7 Å². The summed E-state index contributed by atoms with van der Waals surface area (Å²) in [5.41, 5.74) is 0.606. The predicted octanol–water partition coefficient (Wildman–Crippen LogP) is 1.11. The maximum atomic E-state index is 12.2. The van der Waals surface area contributed by atoms with Gasteiger partial charge in [-0.1, -0.05) is 26.0 Å². The third kappa shape index (κ3) is 2.44. The van der Waals surface area contributed by atoms with Crippen LogP contribution in [0.5, 0.6) is 0 Å². The van der Waals surface area contributed by atoms with Crippen LogP contribution in [-0.2, 0) is 9.59 Å². The summed E-state index contributed by atoms with van der Waals surface area (Å²) in [5.74, 6) is -1.92. The monoisotopic (exact) mass is 288 g/mol. The molecule has 0 unspecified atom stereocenters. The molecule has 1 fully saturated rings. The van der Waals surface area contributed by atoms with E-state index in [1.807, 2.05) is 13.8 Å². The zero-order valence-electron chi connectivity index (χ0n) is 11.9. The van der Waals surface area contributed by atoms with Crippen LogP contribution in [0.1, 0.15) is 47.4 Å². The van der Waals surface area contributed by atoms with Crippen molar-refractivity contribution in [3.05, 3.63) is 35.4 Å². The predicted molar refractivity (Wildman–Crippen MR) is 74.5 cm³/mol. The Morgan fingerprint density at radius 1 is 1.00 bits per heavy atom. The zero-order valence-corrected chi connectivity index (χ0v) is 11.9. The van der Waals surface area contributed by atoms with Gasteiger partial charge in [-0.25, -0.2) is 0 Å². The fourth-order valence-corrected chi connectivity index (χ4v) is 2.42. The zero-order chi connectivity index (χ0) is 15.6. The van der Waals surface area contributed by atoms with Crippen molar-refractivity contribution in [1.82, 2.24) is 10.2 Å². The number of rotatable bonds is 1. The highest BCUT2D eigenvalue weighted by Crippen LogP contribution is 2.26. The topological polar surface area (TPSA) is 83.6 Å². The van der Waals surface area contributed by atoms with Crippen molar-refractivity contribution in [2.75, 3.05) is 0 Å². The molecule has 21 heavy (non-hydrogen) atoms. The molecule has 110 valence electrons. The number of fused-ring (bicyclic) bond motifs is 1. The van der Waals surface area contributed by atoms with Gasteiger partial charge in [0.2, 0.25) is 11.8 Å². The summed E-state index contributed by atoms with van der Waals surface area (Å²) in [7, 11) is 0. The first-order chi connectivity index (χ1) is 10.1. The average Bonchev–Trinajstić information content (AvgIpc) is 2.75. The van der Waals surface area contributed by atoms with E-state index in [2.05, 4.69) is 5.32 Å². The Balaban J connectivity index is 0.000000774. The van der Waals surface area contributed by atoms with Crippen LogP contribution in [-0.4, -0.2) is 34.6 Å². The minimum Gasteiger partial charge on any atom is -0.295 e. The molecule has 0 aliphatic carbocycles. The van der Waals surface area contributed by atoms with E-state index < -0.39 is 23.8 Å². The number of hydrogen-bond donors (Lipinski definition) is 1. The molecule has 3 rings (SSSR count). The van der Waals surface area contributed by atoms with E-state index in [1.165, 1.54) is 0 Å². The van der Waals surface area contributed by atoms with Crippen LogP contribution in [0.4, 0.5) is 0 Å². The van der Waals surface area contributed by atoms with Crippen molar-refractivity contribution in [2.24, 2.45) is 0 Å². The third-order valence-electron chi connectivity index (χ3n) is 3.35. The van der Waals surface area contributed by atoms with Crippen LogP contribution < -0.4 is 5.32 Å². The molecule has 1 aromatic rings. The second kappa shape index (κ2) is 5.87. The largest absolute Gasteiger partial charge is 0.295 e. The molecule has 1 aromatic carbocycles. The molecule has 0 radical (unpaired) electrons. The summed E-state index contributed by atoms with van der Waals surface area (Å²) in [6, 6.07) is 5.55. The van der Waals surface area contributed by atoms with Crippen LogP contribution in [0.15, 0.2) is 24.3 Å². The van der Waals surface area contributed by atoms with Crippen LogP contribution in [0, 0.1) is 0 Å². The smallest absolute Gasteiger partial charge is 0.262 e. The van der Waals surface area contributed by atoms with Crippen molar-refractivity contribution < 1.29 is 19.2 Å². The molecule has 2 heterocycles. The molecule has 0 saturated carbocycles. The van der Waals surface area contributed by atoms with E-state index in [-0.39, 0.29) is 18.7 Å². The summed E-state index contributed by atoms with van der Waals surface area (Å²) in [4.78, 5) is 48.1. The number of carbonyl (C=O) groups excluding carboxylic acids is 4. The molecule has 1 saturated heterocycles. The normalized spacial score (nSPS) is 20.7. The quantitative estimate of drug-likeness (QED) is 0.785. The van der Waals surface area contributed by atoms with E-state index in [0.29, 0.717) is 11.1 Å². The minimum absolute atomic E-state index is 0.129. The molecule has 0 aromatic heterocycles. The fourth-order valence-electron chi connectivity index (χ4n) is 2.42. The van der Waals surface area contributed by atoms with Gasteiger partial charge in [-0.2, -0.15) is 0 Å². The van der Waals surface area contributed by atoms with Crippen molar-refractivity contribution >= 4 is 23.6 Å². The van der Waals surface area contributed by atoms with Crippen LogP contribution >= 0.6 is 0 Å². The molecular weight excluding hydrogens is 272 g/mol. The maximum Gasteiger partial charge on any atom is 0.262 e. The number of benzene rings is 1. The van der Waals surface area contributed by atoms with Gasteiger partial charge in [-0.3, -0.25) is 29.4 Å². The van der Waals surface area contributed by atoms with Crippen LogP contribution in [0.3, 0.4) is 0 Å². The van der Waals surface area contributed by atoms with Gasteiger partial charge in [-0.05, 0) is 18.6 Å². The summed E-state index contributed by atoms with van der Waals surface area (Å²) in [6.45, 7) is 4.00. The molecular formula is C15H16N2O4. The number of imide groups is 2. The van der Waals surface area contributed by atoms with Crippen molar-refractivity contribution in [3.63, 3.8) is 0 Å². The number of nitrogens with zero attached hydrogens (tertiary/aromatic N) is 1.